The van der Waals surface area contributed by atoms with Crippen LogP contribution >= 0.6 is 39.0 Å². The Labute approximate surface area is 191 Å². The Morgan fingerprint density at radius 1 is 1.10 bits per heavy atom. The van der Waals surface area contributed by atoms with Crippen molar-refractivity contribution in [3.63, 3.8) is 0 Å². The molecule has 1 heterocycles. The molecule has 0 atom stereocenters. The molecule has 0 spiro atoms. The van der Waals surface area contributed by atoms with Crippen LogP contribution in [-0.4, -0.2) is 29.7 Å². The molecule has 0 aliphatic carbocycles. The molecule has 6 nitrogen and oxygen atoms in total. The van der Waals surface area contributed by atoms with E-state index < -0.39 is 0 Å². The van der Waals surface area contributed by atoms with Crippen LogP contribution in [0.3, 0.4) is 0 Å². The molecule has 0 radical (unpaired) electrons. The van der Waals surface area contributed by atoms with Crippen molar-refractivity contribution in [3.8, 4) is 5.75 Å². The molecular weight excluding hydrogens is 486 g/mol. The van der Waals surface area contributed by atoms with Crippen molar-refractivity contribution in [3.05, 3.63) is 63.6 Å². The zero-order valence-corrected chi connectivity index (χ0v) is 19.6. The molecule has 0 saturated heterocycles. The summed E-state index contributed by atoms with van der Waals surface area (Å²) in [6, 6.07) is 12.8. The molecule has 9 heteroatoms. The Balaban J connectivity index is 1.46. The van der Waals surface area contributed by atoms with Gasteiger partial charge in [0.1, 0.15) is 5.75 Å². The minimum Gasteiger partial charge on any atom is -0.497 e. The predicted molar refractivity (Wildman–Crippen MR) is 126 cm³/mol. The molecule has 2 N–H and O–H groups in total. The van der Waals surface area contributed by atoms with Gasteiger partial charge in [-0.25, -0.2) is 4.98 Å². The summed E-state index contributed by atoms with van der Waals surface area (Å²) in [6.07, 6.45) is 0.185. The van der Waals surface area contributed by atoms with Gasteiger partial charge in [0.15, 0.2) is 4.34 Å². The summed E-state index contributed by atoms with van der Waals surface area (Å²) >= 11 is 6.21. The van der Waals surface area contributed by atoms with Crippen LogP contribution in [0.5, 0.6) is 5.75 Å². The van der Waals surface area contributed by atoms with Crippen LogP contribution in [0.15, 0.2) is 56.7 Å². The number of halogens is 1. The van der Waals surface area contributed by atoms with Crippen molar-refractivity contribution in [2.75, 3.05) is 23.5 Å². The highest BCUT2D eigenvalue weighted by molar-refractivity contribution is 9.10. The van der Waals surface area contributed by atoms with E-state index in [-0.39, 0.29) is 24.0 Å². The fourth-order valence-corrected chi connectivity index (χ4v) is 4.42. The molecule has 156 valence electrons. The Morgan fingerprint density at radius 2 is 1.80 bits per heavy atom. The third-order valence-corrected chi connectivity index (χ3v) is 6.97. The lowest BCUT2D eigenvalue weighted by molar-refractivity contribution is -0.116. The van der Waals surface area contributed by atoms with Crippen LogP contribution in [-0.2, 0) is 16.0 Å². The number of thioether (sulfide) groups is 1. The lowest BCUT2D eigenvalue weighted by atomic mass is 10.2. The van der Waals surface area contributed by atoms with Gasteiger partial charge in [-0.05, 0) is 55.0 Å². The number of benzene rings is 2. The summed E-state index contributed by atoms with van der Waals surface area (Å²) in [5.74, 6) is 0.724. The molecule has 0 bridgehead atoms. The molecule has 2 amide bonds. The second-order valence-corrected chi connectivity index (χ2v) is 9.29. The van der Waals surface area contributed by atoms with E-state index >= 15 is 0 Å². The molecule has 0 aliphatic heterocycles. The first-order chi connectivity index (χ1) is 14.4. The summed E-state index contributed by atoms with van der Waals surface area (Å²) in [7, 11) is 1.60. The van der Waals surface area contributed by atoms with Gasteiger partial charge < -0.3 is 15.4 Å². The SMILES string of the molecule is COc1ccc(NC(=O)CSc2nc(CC(=O)Nc3ccc(Br)c(C)c3)cs2)cc1. The van der Waals surface area contributed by atoms with Crippen molar-refractivity contribution >= 4 is 62.2 Å². The second-order valence-electron chi connectivity index (χ2n) is 6.36. The predicted octanol–water partition coefficient (Wildman–Crippen LogP) is 5.13. The maximum Gasteiger partial charge on any atom is 0.234 e. The van der Waals surface area contributed by atoms with E-state index in [1.165, 1.54) is 23.1 Å². The first-order valence-corrected chi connectivity index (χ1v) is 11.7. The maximum atomic E-state index is 12.3. The molecular formula is C21H20BrN3O3S2. The van der Waals surface area contributed by atoms with Gasteiger partial charge in [0.2, 0.25) is 11.8 Å². The number of anilines is 2. The molecule has 0 aliphatic rings. The van der Waals surface area contributed by atoms with E-state index in [4.69, 9.17) is 4.74 Å². The Kier molecular flexibility index (Phi) is 7.89. The number of aromatic nitrogens is 1. The second kappa shape index (κ2) is 10.6. The summed E-state index contributed by atoms with van der Waals surface area (Å²) in [5, 5.41) is 7.55. The number of amides is 2. The third-order valence-electron chi connectivity index (χ3n) is 4.01. The fourth-order valence-electron chi connectivity index (χ4n) is 2.53. The first kappa shape index (κ1) is 22.3. The smallest absolute Gasteiger partial charge is 0.234 e. The van der Waals surface area contributed by atoms with Gasteiger partial charge in [-0.2, -0.15) is 0 Å². The summed E-state index contributed by atoms with van der Waals surface area (Å²) in [4.78, 5) is 28.8. The first-order valence-electron chi connectivity index (χ1n) is 9.00. The quantitative estimate of drug-likeness (QED) is 0.414. The highest BCUT2D eigenvalue weighted by atomic mass is 79.9. The molecule has 0 saturated carbocycles. The van der Waals surface area contributed by atoms with Gasteiger partial charge in [-0.3, -0.25) is 9.59 Å². The average molecular weight is 506 g/mol. The van der Waals surface area contributed by atoms with E-state index in [0.717, 1.165) is 25.8 Å². The van der Waals surface area contributed by atoms with Crippen LogP contribution in [0.25, 0.3) is 0 Å². The van der Waals surface area contributed by atoms with Crippen LogP contribution in [0.2, 0.25) is 0 Å². The number of ether oxygens (including phenoxy) is 1. The van der Waals surface area contributed by atoms with Crippen molar-refractivity contribution in [2.45, 2.75) is 17.7 Å². The number of hydrogen-bond acceptors (Lipinski definition) is 6. The van der Waals surface area contributed by atoms with Crippen molar-refractivity contribution < 1.29 is 14.3 Å². The Bertz CT molecular complexity index is 1040. The van der Waals surface area contributed by atoms with Crippen molar-refractivity contribution in [2.24, 2.45) is 0 Å². The topological polar surface area (TPSA) is 80.3 Å². The Morgan fingerprint density at radius 3 is 2.50 bits per heavy atom. The summed E-state index contributed by atoms with van der Waals surface area (Å²) in [6.45, 7) is 1.97. The van der Waals surface area contributed by atoms with Gasteiger partial charge in [-0.1, -0.05) is 27.7 Å². The maximum absolute atomic E-state index is 12.3. The van der Waals surface area contributed by atoms with E-state index in [1.54, 1.807) is 31.4 Å². The largest absolute Gasteiger partial charge is 0.497 e. The molecule has 0 fully saturated rings. The minimum atomic E-state index is -0.129. The van der Waals surface area contributed by atoms with E-state index in [0.29, 0.717) is 11.4 Å². The fraction of sp³-hybridized carbons (Fsp3) is 0.190. The highest BCUT2D eigenvalue weighted by Gasteiger charge is 2.11. The van der Waals surface area contributed by atoms with E-state index in [1.807, 2.05) is 30.5 Å². The van der Waals surface area contributed by atoms with Crippen molar-refractivity contribution in [1.82, 2.24) is 4.98 Å². The van der Waals surface area contributed by atoms with Crippen LogP contribution < -0.4 is 15.4 Å². The van der Waals surface area contributed by atoms with Gasteiger partial charge in [0.25, 0.3) is 0 Å². The van der Waals surface area contributed by atoms with Gasteiger partial charge in [0, 0.05) is 21.2 Å². The number of hydrogen-bond donors (Lipinski definition) is 2. The summed E-state index contributed by atoms with van der Waals surface area (Å²) < 4.78 is 6.85. The number of thiazole rings is 1. The average Bonchev–Trinajstić information content (AvgIpc) is 3.17. The zero-order chi connectivity index (χ0) is 21.5. The molecule has 2 aromatic carbocycles. The van der Waals surface area contributed by atoms with Crippen LogP contribution in [0.4, 0.5) is 11.4 Å². The van der Waals surface area contributed by atoms with Gasteiger partial charge in [-0.15, -0.1) is 11.3 Å². The molecule has 30 heavy (non-hydrogen) atoms. The van der Waals surface area contributed by atoms with E-state index in [2.05, 4.69) is 31.5 Å². The highest BCUT2D eigenvalue weighted by Crippen LogP contribution is 2.24. The zero-order valence-electron chi connectivity index (χ0n) is 16.4. The van der Waals surface area contributed by atoms with Gasteiger partial charge in [0.05, 0.1) is 25.0 Å². The number of nitrogens with one attached hydrogen (secondary N) is 2. The van der Waals surface area contributed by atoms with Crippen LogP contribution in [0, 0.1) is 6.92 Å². The van der Waals surface area contributed by atoms with E-state index in [9.17, 15) is 9.59 Å². The Hall–Kier alpha value is -2.36. The molecule has 1 aromatic heterocycles. The normalized spacial score (nSPS) is 10.5. The third kappa shape index (κ3) is 6.58. The van der Waals surface area contributed by atoms with Gasteiger partial charge >= 0.3 is 0 Å². The standard InChI is InChI=1S/C21H20BrN3O3S2/c1-13-9-15(5-8-18(13)22)24-19(26)10-16-11-29-21(25-16)30-12-20(27)23-14-3-6-17(28-2)7-4-14/h3-9,11H,10,12H2,1-2H3,(H,23,27)(H,24,26). The number of carbonyl (C=O) groups is 2. The lowest BCUT2D eigenvalue weighted by Crippen LogP contribution is -2.15. The lowest BCUT2D eigenvalue weighted by Gasteiger charge is -2.06. The molecule has 3 aromatic rings. The number of methoxy groups -OCH3 is 1. The summed E-state index contributed by atoms with van der Waals surface area (Å²) in [5.41, 5.74) is 3.19. The minimum absolute atomic E-state index is 0.120. The van der Waals surface area contributed by atoms with Crippen LogP contribution in [0.1, 0.15) is 11.3 Å². The van der Waals surface area contributed by atoms with Crippen molar-refractivity contribution in [1.29, 1.82) is 0 Å². The number of carbonyl (C=O) groups excluding carboxylic acids is 2. The molecule has 3 rings (SSSR count). The number of nitrogens with zero attached hydrogens (tertiary/aromatic N) is 1. The molecule has 0 unspecified atom stereocenters. The number of rotatable bonds is 8. The number of aryl methyl sites for hydroxylation is 1. The monoisotopic (exact) mass is 505 g/mol.